The van der Waals surface area contributed by atoms with Crippen molar-refractivity contribution in [2.24, 2.45) is 0 Å². The fourth-order valence-corrected chi connectivity index (χ4v) is 5.30. The Hall–Kier alpha value is -3.92. The lowest BCUT2D eigenvalue weighted by Crippen LogP contribution is -2.51. The van der Waals surface area contributed by atoms with Crippen molar-refractivity contribution in [1.82, 2.24) is 10.2 Å². The Kier molecular flexibility index (Phi) is 9.84. The molecule has 0 aliphatic heterocycles. The van der Waals surface area contributed by atoms with Crippen LogP contribution >= 0.6 is 0 Å². The van der Waals surface area contributed by atoms with Crippen LogP contribution in [-0.2, 0) is 26.2 Å². The number of amides is 2. The number of sulfonamides is 1. The number of hydrogen-bond donors (Lipinski definition) is 1. The number of nitrogens with one attached hydrogen (secondary N) is 1. The highest BCUT2D eigenvalue weighted by atomic mass is 32.2. The van der Waals surface area contributed by atoms with E-state index >= 15 is 0 Å². The van der Waals surface area contributed by atoms with Crippen molar-refractivity contribution in [3.8, 4) is 5.75 Å². The molecule has 0 aliphatic rings. The topological polar surface area (TPSA) is 96.0 Å². The Morgan fingerprint density at radius 1 is 0.974 bits per heavy atom. The molecule has 0 fully saturated rings. The first-order valence-corrected chi connectivity index (χ1v) is 13.7. The molecule has 3 aromatic carbocycles. The van der Waals surface area contributed by atoms with Gasteiger partial charge in [-0.25, -0.2) is 12.8 Å². The lowest BCUT2D eigenvalue weighted by atomic mass is 10.1. The number of nitrogens with zero attached hydrogens (tertiary/aromatic N) is 2. The van der Waals surface area contributed by atoms with Gasteiger partial charge >= 0.3 is 0 Å². The van der Waals surface area contributed by atoms with Crippen LogP contribution in [0.1, 0.15) is 25.8 Å². The van der Waals surface area contributed by atoms with Crippen LogP contribution in [0.25, 0.3) is 0 Å². The van der Waals surface area contributed by atoms with Gasteiger partial charge in [-0.15, -0.1) is 0 Å². The fourth-order valence-electron chi connectivity index (χ4n) is 3.86. The SMILES string of the molecule is CCCNC(=O)[C@@H](C)N(Cc1ccccc1F)C(=O)CN(c1ccccc1OC)S(=O)(=O)c1ccccc1. The second-order valence-electron chi connectivity index (χ2n) is 8.58. The summed E-state index contributed by atoms with van der Waals surface area (Å²) in [6.45, 7) is 2.96. The first-order valence-electron chi connectivity index (χ1n) is 12.2. The first-order chi connectivity index (χ1) is 18.2. The van der Waals surface area contributed by atoms with Crippen molar-refractivity contribution in [3.05, 3.63) is 90.2 Å². The Bertz CT molecular complexity index is 1350. The zero-order valence-electron chi connectivity index (χ0n) is 21.6. The van der Waals surface area contributed by atoms with Gasteiger partial charge < -0.3 is 15.0 Å². The molecule has 3 rings (SSSR count). The highest BCUT2D eigenvalue weighted by Crippen LogP contribution is 2.32. The molecule has 38 heavy (non-hydrogen) atoms. The van der Waals surface area contributed by atoms with Crippen molar-refractivity contribution in [1.29, 1.82) is 0 Å². The van der Waals surface area contributed by atoms with Gasteiger partial charge in [0, 0.05) is 18.7 Å². The summed E-state index contributed by atoms with van der Waals surface area (Å²) in [6, 6.07) is 19.1. The minimum absolute atomic E-state index is 0.0203. The van der Waals surface area contributed by atoms with Crippen molar-refractivity contribution < 1.29 is 27.1 Å². The second-order valence-corrected chi connectivity index (χ2v) is 10.4. The number of anilines is 1. The molecule has 3 aromatic rings. The summed E-state index contributed by atoms with van der Waals surface area (Å²) in [5.74, 6) is -1.40. The highest BCUT2D eigenvalue weighted by molar-refractivity contribution is 7.92. The average Bonchev–Trinajstić information content (AvgIpc) is 2.94. The van der Waals surface area contributed by atoms with Crippen LogP contribution in [0.3, 0.4) is 0 Å². The molecule has 0 saturated heterocycles. The molecule has 0 radical (unpaired) electrons. The summed E-state index contributed by atoms with van der Waals surface area (Å²) in [5, 5.41) is 2.75. The molecule has 1 N–H and O–H groups in total. The Labute approximate surface area is 223 Å². The van der Waals surface area contributed by atoms with Crippen LogP contribution < -0.4 is 14.4 Å². The summed E-state index contributed by atoms with van der Waals surface area (Å²) in [7, 11) is -2.82. The number of para-hydroxylation sites is 2. The monoisotopic (exact) mass is 541 g/mol. The number of halogens is 1. The van der Waals surface area contributed by atoms with Crippen LogP contribution in [0.2, 0.25) is 0 Å². The van der Waals surface area contributed by atoms with Crippen LogP contribution in [0, 0.1) is 5.82 Å². The van der Waals surface area contributed by atoms with Crippen LogP contribution in [0.15, 0.2) is 83.8 Å². The number of methoxy groups -OCH3 is 1. The van der Waals surface area contributed by atoms with Gasteiger partial charge in [-0.05, 0) is 43.7 Å². The number of carbonyl (C=O) groups is 2. The van der Waals surface area contributed by atoms with E-state index in [9.17, 15) is 22.4 Å². The lowest BCUT2D eigenvalue weighted by Gasteiger charge is -2.32. The van der Waals surface area contributed by atoms with Crippen molar-refractivity contribution in [2.45, 2.75) is 37.8 Å². The largest absolute Gasteiger partial charge is 0.495 e. The van der Waals surface area contributed by atoms with Gasteiger partial charge in [-0.2, -0.15) is 0 Å². The summed E-state index contributed by atoms with van der Waals surface area (Å²) in [4.78, 5) is 27.8. The minimum Gasteiger partial charge on any atom is -0.495 e. The van der Waals surface area contributed by atoms with E-state index in [0.717, 1.165) is 4.31 Å². The van der Waals surface area contributed by atoms with Crippen molar-refractivity contribution in [3.63, 3.8) is 0 Å². The van der Waals surface area contributed by atoms with E-state index in [1.54, 1.807) is 42.5 Å². The minimum atomic E-state index is -4.23. The van der Waals surface area contributed by atoms with Gasteiger partial charge in [0.15, 0.2) is 0 Å². The predicted octanol–water partition coefficient (Wildman–Crippen LogP) is 3.97. The summed E-state index contributed by atoms with van der Waals surface area (Å²) in [6.07, 6.45) is 0.691. The third-order valence-corrected chi connectivity index (χ3v) is 7.75. The third-order valence-electron chi connectivity index (χ3n) is 5.98. The fraction of sp³-hybridized carbons (Fsp3) is 0.286. The molecular formula is C28H32FN3O5S. The molecule has 0 aliphatic carbocycles. The van der Waals surface area contributed by atoms with Crippen molar-refractivity contribution >= 4 is 27.5 Å². The zero-order chi connectivity index (χ0) is 27.7. The number of rotatable bonds is 12. The van der Waals surface area contributed by atoms with E-state index in [1.165, 1.54) is 55.3 Å². The molecule has 8 nitrogen and oxygen atoms in total. The molecule has 0 saturated carbocycles. The van der Waals surface area contributed by atoms with Gasteiger partial charge in [0.05, 0.1) is 17.7 Å². The maximum absolute atomic E-state index is 14.6. The van der Waals surface area contributed by atoms with E-state index in [1.807, 2.05) is 6.92 Å². The molecule has 0 spiro atoms. The van der Waals surface area contributed by atoms with E-state index in [4.69, 9.17) is 4.74 Å². The van der Waals surface area contributed by atoms with E-state index < -0.39 is 40.2 Å². The maximum atomic E-state index is 14.6. The molecule has 2 amide bonds. The smallest absolute Gasteiger partial charge is 0.264 e. The van der Waals surface area contributed by atoms with Gasteiger partial charge in [0.25, 0.3) is 10.0 Å². The Morgan fingerprint density at radius 2 is 1.61 bits per heavy atom. The van der Waals surface area contributed by atoms with E-state index in [-0.39, 0.29) is 28.4 Å². The number of ether oxygens (including phenoxy) is 1. The van der Waals surface area contributed by atoms with Gasteiger partial charge in [-0.3, -0.25) is 13.9 Å². The molecule has 1 atom stereocenters. The number of carbonyl (C=O) groups excluding carboxylic acids is 2. The van der Waals surface area contributed by atoms with E-state index in [0.29, 0.717) is 13.0 Å². The first kappa shape index (κ1) is 28.6. The molecule has 202 valence electrons. The van der Waals surface area contributed by atoms with Gasteiger partial charge in [0.1, 0.15) is 24.2 Å². The predicted molar refractivity (Wildman–Crippen MR) is 144 cm³/mol. The van der Waals surface area contributed by atoms with Crippen LogP contribution in [0.5, 0.6) is 5.75 Å². The maximum Gasteiger partial charge on any atom is 0.264 e. The lowest BCUT2D eigenvalue weighted by molar-refractivity contribution is -0.139. The molecule has 0 unspecified atom stereocenters. The number of hydrogen-bond acceptors (Lipinski definition) is 5. The van der Waals surface area contributed by atoms with Crippen LogP contribution in [-0.4, -0.2) is 51.4 Å². The summed E-state index contributed by atoms with van der Waals surface area (Å²) < 4.78 is 48.5. The molecule has 0 bridgehead atoms. The molecular weight excluding hydrogens is 509 g/mol. The summed E-state index contributed by atoms with van der Waals surface area (Å²) >= 11 is 0. The normalized spacial score (nSPS) is 11.9. The van der Waals surface area contributed by atoms with Gasteiger partial charge in [-0.1, -0.05) is 55.5 Å². The number of benzene rings is 3. The zero-order valence-corrected chi connectivity index (χ0v) is 22.4. The second kappa shape index (κ2) is 13.0. The Balaban J connectivity index is 2.05. The third kappa shape index (κ3) is 6.69. The standard InChI is InChI=1S/C28H32FN3O5S/c1-4-18-30-28(34)21(2)31(19-22-12-8-9-15-24(22)29)27(33)20-32(25-16-10-11-17-26(25)37-3)38(35,36)23-13-6-5-7-14-23/h5-17,21H,4,18-20H2,1-3H3,(H,30,34)/t21-/m1/s1. The van der Waals surface area contributed by atoms with E-state index in [2.05, 4.69) is 5.32 Å². The quantitative estimate of drug-likeness (QED) is 0.374. The average molecular weight is 542 g/mol. The molecule has 0 heterocycles. The van der Waals surface area contributed by atoms with Crippen LogP contribution in [0.4, 0.5) is 10.1 Å². The van der Waals surface area contributed by atoms with Crippen molar-refractivity contribution in [2.75, 3.05) is 24.5 Å². The summed E-state index contributed by atoms with van der Waals surface area (Å²) in [5.41, 5.74) is 0.354. The Morgan fingerprint density at radius 3 is 2.26 bits per heavy atom. The molecule has 0 aromatic heterocycles. The molecule has 10 heteroatoms. The van der Waals surface area contributed by atoms with Gasteiger partial charge in [0.2, 0.25) is 11.8 Å². The highest BCUT2D eigenvalue weighted by Gasteiger charge is 2.33.